The zero-order valence-electron chi connectivity index (χ0n) is 20.7. The van der Waals surface area contributed by atoms with Crippen LogP contribution >= 0.6 is 0 Å². The molecule has 10 heteroatoms. The van der Waals surface area contributed by atoms with Gasteiger partial charge in [0.1, 0.15) is 12.1 Å². The van der Waals surface area contributed by atoms with Gasteiger partial charge >= 0.3 is 0 Å². The first-order valence-corrected chi connectivity index (χ1v) is 11.7. The number of halogens is 1. The standard InChI is InChI=1S/C27H25FN8O/c1-17-10-18(2)36(33-17)14-20-6-4-19(5-7-20)13-35-15-23-26(31-16-32-27(23)34-35)30-12-22-21(11-29)8-9-24(37-3)25(22)28/h4-10,15-16H,12-14H2,1-3H3,(H,30,31,32,34). The van der Waals surface area contributed by atoms with Crippen LogP contribution in [0.2, 0.25) is 0 Å². The van der Waals surface area contributed by atoms with Gasteiger partial charge in [0.25, 0.3) is 0 Å². The summed E-state index contributed by atoms with van der Waals surface area (Å²) in [5.41, 5.74) is 5.35. The Morgan fingerprint density at radius 3 is 2.46 bits per heavy atom. The lowest BCUT2D eigenvalue weighted by Crippen LogP contribution is -2.07. The van der Waals surface area contributed by atoms with Crippen LogP contribution in [-0.2, 0) is 19.6 Å². The highest BCUT2D eigenvalue weighted by Crippen LogP contribution is 2.25. The van der Waals surface area contributed by atoms with Crippen LogP contribution in [0.3, 0.4) is 0 Å². The zero-order chi connectivity index (χ0) is 25.9. The van der Waals surface area contributed by atoms with Crippen molar-refractivity contribution < 1.29 is 9.13 Å². The van der Waals surface area contributed by atoms with Gasteiger partial charge in [0.05, 0.1) is 42.9 Å². The Balaban J connectivity index is 1.32. The summed E-state index contributed by atoms with van der Waals surface area (Å²) < 4.78 is 23.6. The van der Waals surface area contributed by atoms with Gasteiger partial charge in [-0.1, -0.05) is 24.3 Å². The molecule has 0 fully saturated rings. The lowest BCUT2D eigenvalue weighted by molar-refractivity contribution is 0.384. The molecule has 0 aliphatic rings. The zero-order valence-corrected chi connectivity index (χ0v) is 20.7. The number of ether oxygens (including phenoxy) is 1. The van der Waals surface area contributed by atoms with Gasteiger partial charge in [-0.2, -0.15) is 15.5 Å². The monoisotopic (exact) mass is 496 g/mol. The van der Waals surface area contributed by atoms with Gasteiger partial charge in [-0.15, -0.1) is 0 Å². The summed E-state index contributed by atoms with van der Waals surface area (Å²) in [6.45, 7) is 5.38. The van der Waals surface area contributed by atoms with Crippen LogP contribution in [0.15, 0.2) is 55.0 Å². The highest BCUT2D eigenvalue weighted by Gasteiger charge is 2.16. The molecule has 186 valence electrons. The van der Waals surface area contributed by atoms with Crippen LogP contribution in [0, 0.1) is 31.0 Å². The second-order valence-electron chi connectivity index (χ2n) is 8.76. The molecule has 5 aromatic rings. The van der Waals surface area contributed by atoms with E-state index < -0.39 is 5.82 Å². The molecule has 0 unspecified atom stereocenters. The van der Waals surface area contributed by atoms with Gasteiger partial charge in [0, 0.05) is 24.0 Å². The summed E-state index contributed by atoms with van der Waals surface area (Å²) in [6.07, 6.45) is 3.26. The molecule has 5 rings (SSSR count). The van der Waals surface area contributed by atoms with E-state index in [0.29, 0.717) is 23.4 Å². The summed E-state index contributed by atoms with van der Waals surface area (Å²) >= 11 is 0. The predicted octanol–water partition coefficient (Wildman–Crippen LogP) is 4.37. The highest BCUT2D eigenvalue weighted by molar-refractivity contribution is 5.85. The molecule has 0 saturated heterocycles. The minimum absolute atomic E-state index is 0.0555. The van der Waals surface area contributed by atoms with Crippen molar-refractivity contribution in [1.82, 2.24) is 29.5 Å². The number of methoxy groups -OCH3 is 1. The van der Waals surface area contributed by atoms with Crippen molar-refractivity contribution in [2.45, 2.75) is 33.5 Å². The summed E-state index contributed by atoms with van der Waals surface area (Å²) in [4.78, 5) is 8.58. The SMILES string of the molecule is COc1ccc(C#N)c(CNc2ncnc3nn(Cc4ccc(Cn5nc(C)cc5C)cc4)cc23)c1F. The van der Waals surface area contributed by atoms with Gasteiger partial charge in [-0.05, 0) is 43.2 Å². The second-order valence-corrected chi connectivity index (χ2v) is 8.76. The number of nitriles is 1. The summed E-state index contributed by atoms with van der Waals surface area (Å²) in [5, 5.41) is 22.3. The summed E-state index contributed by atoms with van der Waals surface area (Å²) in [5.74, 6) is 0.0104. The Kier molecular flexibility index (Phi) is 6.51. The molecule has 1 N–H and O–H groups in total. The molecule has 0 amide bonds. The first-order chi connectivity index (χ1) is 17.9. The van der Waals surface area contributed by atoms with Crippen molar-refractivity contribution in [3.63, 3.8) is 0 Å². The van der Waals surface area contributed by atoms with Crippen molar-refractivity contribution in [2.24, 2.45) is 0 Å². The average Bonchev–Trinajstić information content (AvgIpc) is 3.45. The summed E-state index contributed by atoms with van der Waals surface area (Å²) in [7, 11) is 1.39. The third-order valence-corrected chi connectivity index (χ3v) is 6.15. The van der Waals surface area contributed by atoms with E-state index in [1.165, 1.54) is 31.1 Å². The number of fused-ring (bicyclic) bond motifs is 1. The van der Waals surface area contributed by atoms with Crippen LogP contribution < -0.4 is 10.1 Å². The van der Waals surface area contributed by atoms with E-state index in [4.69, 9.17) is 4.74 Å². The Hall–Kier alpha value is -4.78. The fraction of sp³-hybridized carbons (Fsp3) is 0.222. The van der Waals surface area contributed by atoms with Crippen molar-refractivity contribution in [3.05, 3.63) is 94.4 Å². The molecule has 0 saturated carbocycles. The normalized spacial score (nSPS) is 11.0. The van der Waals surface area contributed by atoms with Crippen molar-refractivity contribution >= 4 is 16.9 Å². The largest absolute Gasteiger partial charge is 0.494 e. The average molecular weight is 497 g/mol. The van der Waals surface area contributed by atoms with Crippen LogP contribution in [0.4, 0.5) is 10.2 Å². The van der Waals surface area contributed by atoms with E-state index in [2.05, 4.69) is 62.7 Å². The minimum atomic E-state index is -0.573. The lowest BCUT2D eigenvalue weighted by atomic mass is 10.1. The molecule has 0 bridgehead atoms. The van der Waals surface area contributed by atoms with Gasteiger partial charge in [0.15, 0.2) is 17.2 Å². The van der Waals surface area contributed by atoms with Gasteiger partial charge in [0.2, 0.25) is 0 Å². The molecule has 2 aromatic carbocycles. The first-order valence-electron chi connectivity index (χ1n) is 11.7. The molecule has 0 atom stereocenters. The van der Waals surface area contributed by atoms with Gasteiger partial charge < -0.3 is 10.1 Å². The molecule has 0 aliphatic carbocycles. The van der Waals surface area contributed by atoms with E-state index in [0.717, 1.165) is 23.5 Å². The molecular weight excluding hydrogens is 471 g/mol. The van der Waals surface area contributed by atoms with Crippen LogP contribution in [-0.4, -0.2) is 36.6 Å². The topological polar surface area (TPSA) is 106 Å². The molecule has 0 radical (unpaired) electrons. The fourth-order valence-electron chi connectivity index (χ4n) is 4.26. The number of aromatic nitrogens is 6. The Labute approximate surface area is 213 Å². The number of hydrogen-bond acceptors (Lipinski definition) is 7. The first kappa shape index (κ1) is 23.9. The number of benzene rings is 2. The minimum Gasteiger partial charge on any atom is -0.494 e. The highest BCUT2D eigenvalue weighted by atomic mass is 19.1. The number of rotatable bonds is 8. The van der Waals surface area contributed by atoms with Crippen LogP contribution in [0.25, 0.3) is 11.0 Å². The maximum absolute atomic E-state index is 14.8. The Morgan fingerprint density at radius 1 is 1.03 bits per heavy atom. The Bertz CT molecular complexity index is 1610. The number of hydrogen-bond donors (Lipinski definition) is 1. The Morgan fingerprint density at radius 2 is 1.78 bits per heavy atom. The van der Waals surface area contributed by atoms with E-state index in [1.54, 1.807) is 4.68 Å². The van der Waals surface area contributed by atoms with Gasteiger partial charge in [-0.3, -0.25) is 9.36 Å². The molecule has 3 heterocycles. The fourth-order valence-corrected chi connectivity index (χ4v) is 4.26. The summed E-state index contributed by atoms with van der Waals surface area (Å²) in [6, 6.07) is 15.4. The molecule has 0 spiro atoms. The van der Waals surface area contributed by atoms with Gasteiger partial charge in [-0.25, -0.2) is 14.4 Å². The van der Waals surface area contributed by atoms with E-state index >= 15 is 0 Å². The second kappa shape index (κ2) is 10.1. The van der Waals surface area contributed by atoms with Crippen LogP contribution in [0.5, 0.6) is 5.75 Å². The third kappa shape index (κ3) is 4.97. The van der Waals surface area contributed by atoms with E-state index in [1.807, 2.05) is 23.9 Å². The van der Waals surface area contributed by atoms with E-state index in [-0.39, 0.29) is 23.4 Å². The number of anilines is 1. The van der Waals surface area contributed by atoms with Crippen molar-refractivity contribution in [3.8, 4) is 11.8 Å². The van der Waals surface area contributed by atoms with Crippen molar-refractivity contribution in [1.29, 1.82) is 5.26 Å². The maximum atomic E-state index is 14.8. The van der Waals surface area contributed by atoms with Crippen molar-refractivity contribution in [2.75, 3.05) is 12.4 Å². The molecule has 9 nitrogen and oxygen atoms in total. The number of nitrogens with one attached hydrogen (secondary N) is 1. The predicted molar refractivity (Wildman–Crippen MR) is 137 cm³/mol. The number of aryl methyl sites for hydroxylation is 2. The van der Waals surface area contributed by atoms with E-state index in [9.17, 15) is 9.65 Å². The molecule has 0 aliphatic heterocycles. The number of nitrogens with zero attached hydrogens (tertiary/aromatic N) is 7. The smallest absolute Gasteiger partial charge is 0.186 e. The molecule has 37 heavy (non-hydrogen) atoms. The molecular formula is C27H25FN8O. The quantitative estimate of drug-likeness (QED) is 0.340. The van der Waals surface area contributed by atoms with Crippen LogP contribution in [0.1, 0.15) is 33.6 Å². The third-order valence-electron chi connectivity index (χ3n) is 6.15. The molecule has 3 aromatic heterocycles. The maximum Gasteiger partial charge on any atom is 0.186 e. The lowest BCUT2D eigenvalue weighted by Gasteiger charge is -2.11.